The second-order valence-electron chi connectivity index (χ2n) is 5.63. The standard InChI is InChI=1S/2C4H8O.2C4H10.4C2H6.2CH4.FH.I3.V/c2*1-3-4(2)5;2*1-4(2)3;4*1-2;;;;1-3-2;/h2*3H2,1-2H3;2*4H,1-3H3;4*1-2H3;2*1H4;1H;;/q;;;;;;;;;;;-1;. The monoisotopic (exact) mass is 864 g/mol. The number of carbonyl (C=O) groups excluding carboxylic acids is 2. The summed E-state index contributed by atoms with van der Waals surface area (Å²) >= 11 is 5.30. The fraction of sp³-hybridized carbons (Fsp3) is 0.923. The summed E-state index contributed by atoms with van der Waals surface area (Å²) in [5.74, 6) is 2.18. The maximum atomic E-state index is 9.81. The number of ketones is 2. The van der Waals surface area contributed by atoms with Crippen LogP contribution in [0.4, 0.5) is 4.70 Å². The second-order valence-corrected chi connectivity index (χ2v) is 21.9. The molecule has 0 aromatic rings. The fourth-order valence-electron chi connectivity index (χ4n) is 0. The van der Waals surface area contributed by atoms with E-state index in [2.05, 4.69) is 78.8 Å². The molecule has 0 aliphatic rings. The van der Waals surface area contributed by atoms with Gasteiger partial charge in [-0.1, -0.05) is 126 Å². The van der Waals surface area contributed by atoms with E-state index in [1.54, 1.807) is 13.8 Å². The maximum absolute atomic E-state index is 9.81. The smallest absolute Gasteiger partial charge is 0 e. The molecule has 219 valence electrons. The van der Waals surface area contributed by atoms with Gasteiger partial charge in [0.2, 0.25) is 0 Å². The van der Waals surface area contributed by atoms with Crippen molar-refractivity contribution in [2.75, 3.05) is 0 Å². The average Bonchev–Trinajstić information content (AvgIpc) is 2.68. The zero-order valence-electron chi connectivity index (χ0n) is 24.4. The molecule has 0 aromatic carbocycles. The minimum atomic E-state index is 0. The van der Waals surface area contributed by atoms with Crippen molar-refractivity contribution in [2.45, 2.75) is 152 Å². The molecule has 7 heteroatoms. The Kier molecular flexibility index (Phi) is 324. The Morgan fingerprint density at radius 1 is 0.606 bits per heavy atom. The molecule has 1 radical (unpaired) electrons. The second kappa shape index (κ2) is 128. The molecule has 0 unspecified atom stereocenters. The molecule has 0 saturated carbocycles. The first kappa shape index (κ1) is 83.6. The minimum absolute atomic E-state index is 0. The molecule has 0 aromatic heterocycles. The van der Waals surface area contributed by atoms with Crippen molar-refractivity contribution in [3.8, 4) is 0 Å². The van der Waals surface area contributed by atoms with E-state index in [1.807, 2.05) is 69.2 Å². The van der Waals surface area contributed by atoms with Gasteiger partial charge in [-0.05, 0) is 25.7 Å². The summed E-state index contributed by atoms with van der Waals surface area (Å²) in [6.07, 6.45) is 1.33. The largest absolute Gasteiger partial charge is 0 e. The topological polar surface area (TPSA) is 34.1 Å². The third-order valence-corrected chi connectivity index (χ3v) is 0.996. The number of hydrogen-bond donors (Lipinski definition) is 0. The van der Waals surface area contributed by atoms with Crippen LogP contribution in [0.15, 0.2) is 0 Å². The Balaban J connectivity index is -0.0000000125. The summed E-state index contributed by atoms with van der Waals surface area (Å²) in [5.41, 5.74) is 0. The van der Waals surface area contributed by atoms with Crippen molar-refractivity contribution < 1.29 is 46.1 Å². The molecule has 0 rings (SSSR count). The van der Waals surface area contributed by atoms with Crippen molar-refractivity contribution in [1.82, 2.24) is 0 Å². The molecule has 0 aliphatic heterocycles. The first-order valence-electron chi connectivity index (χ1n) is 11.3. The molecule has 0 N–H and O–H groups in total. The molecule has 0 heterocycles. The normalized spacial score (nSPS) is 5.88. The number of halogens is 4. The minimum Gasteiger partial charge on any atom is 0 e. The SMILES string of the molecule is C.C.CC.CC.CC.CC.CC(C)C.CC(C)C.CCC(C)=O.CCC(C)=O.F.I[I-]I.[V]. The van der Waals surface area contributed by atoms with Gasteiger partial charge >= 0.3 is 50.5 Å². The maximum Gasteiger partial charge on any atom is 0 e. The van der Waals surface area contributed by atoms with Gasteiger partial charge in [0.15, 0.2) is 0 Å². The molecule has 0 spiro atoms. The summed E-state index contributed by atoms with van der Waals surface area (Å²) < 4.78 is 0. The van der Waals surface area contributed by atoms with E-state index in [4.69, 9.17) is 0 Å². The number of carbonyl (C=O) groups is 2. The molecule has 0 saturated heterocycles. The van der Waals surface area contributed by atoms with E-state index in [-0.39, 0.29) is 49.7 Å². The van der Waals surface area contributed by atoms with E-state index in [0.29, 0.717) is 26.1 Å². The van der Waals surface area contributed by atoms with E-state index in [9.17, 15) is 9.59 Å². The van der Waals surface area contributed by atoms with Gasteiger partial charge in [-0.3, -0.25) is 4.70 Å². The fourth-order valence-corrected chi connectivity index (χ4v) is 0. The van der Waals surface area contributed by atoms with Crippen LogP contribution < -0.4 is 13.3 Å². The van der Waals surface area contributed by atoms with Crippen LogP contribution in [-0.4, -0.2) is 11.6 Å². The Labute approximate surface area is 256 Å². The van der Waals surface area contributed by atoms with Gasteiger partial charge in [0.1, 0.15) is 11.6 Å². The van der Waals surface area contributed by atoms with Crippen molar-refractivity contribution in [3.63, 3.8) is 0 Å². The molecule has 0 aliphatic carbocycles. The van der Waals surface area contributed by atoms with Crippen LogP contribution in [0.2, 0.25) is 0 Å². The van der Waals surface area contributed by atoms with Crippen LogP contribution in [0.3, 0.4) is 0 Å². The van der Waals surface area contributed by atoms with Gasteiger partial charge in [-0.25, -0.2) is 0 Å². The van der Waals surface area contributed by atoms with E-state index >= 15 is 0 Å². The van der Waals surface area contributed by atoms with Gasteiger partial charge in [0, 0.05) is 31.4 Å². The van der Waals surface area contributed by atoms with Gasteiger partial charge < -0.3 is 9.59 Å². The summed E-state index contributed by atoms with van der Waals surface area (Å²) in [7, 11) is 0. The number of rotatable bonds is 2. The van der Waals surface area contributed by atoms with Crippen LogP contribution in [-0.2, 0) is 28.1 Å². The van der Waals surface area contributed by atoms with E-state index < -0.39 is 0 Å². The zero-order chi connectivity index (χ0) is 26.4. The van der Waals surface area contributed by atoms with Gasteiger partial charge in [-0.2, -0.15) is 0 Å². The third kappa shape index (κ3) is 957. The summed E-state index contributed by atoms with van der Waals surface area (Å²) in [6.45, 7) is 35.9. The van der Waals surface area contributed by atoms with Crippen LogP contribution in [0.5, 0.6) is 0 Å². The molecule has 0 amide bonds. The molecule has 0 bridgehead atoms. The van der Waals surface area contributed by atoms with E-state index in [1.165, 1.54) is 0 Å². The predicted molar refractivity (Wildman–Crippen MR) is 172 cm³/mol. The van der Waals surface area contributed by atoms with Crippen molar-refractivity contribution in [3.05, 3.63) is 0 Å². The Bertz CT molecular complexity index is 184. The molecule has 2 nitrogen and oxygen atoms in total. The Morgan fingerprint density at radius 2 is 0.636 bits per heavy atom. The summed E-state index contributed by atoms with van der Waals surface area (Å²) in [5, 5.41) is 0. The molecule has 0 fully saturated rings. The quantitative estimate of drug-likeness (QED) is 0.260. The summed E-state index contributed by atoms with van der Waals surface area (Å²) in [6, 6.07) is 0. The molecular formula is C26H69FI3O2V-. The van der Waals surface area contributed by atoms with Crippen LogP contribution in [0.25, 0.3) is 0 Å². The number of hydrogen-bond acceptors (Lipinski definition) is 2. The predicted octanol–water partition coefficient (Wildman–Crippen LogP) is 9.60. The summed E-state index contributed by atoms with van der Waals surface area (Å²) in [4.78, 5) is 19.6. The van der Waals surface area contributed by atoms with Gasteiger partial charge in [-0.15, -0.1) is 0 Å². The van der Waals surface area contributed by atoms with Gasteiger partial charge in [0.25, 0.3) is 0 Å². The van der Waals surface area contributed by atoms with Gasteiger partial charge in [0.05, 0.1) is 0 Å². The number of Topliss-reactive ketones (excluding diaryl/α,β-unsaturated/α-hetero) is 2. The molecular weight excluding hydrogens is 795 g/mol. The van der Waals surface area contributed by atoms with Crippen molar-refractivity contribution in [2.24, 2.45) is 11.8 Å². The van der Waals surface area contributed by atoms with Crippen LogP contribution in [0.1, 0.15) is 152 Å². The third-order valence-electron chi connectivity index (χ3n) is 0.996. The Morgan fingerprint density at radius 3 is 0.636 bits per heavy atom. The van der Waals surface area contributed by atoms with Crippen molar-refractivity contribution in [1.29, 1.82) is 0 Å². The van der Waals surface area contributed by atoms with Crippen LogP contribution >= 0.6 is 37.2 Å². The molecule has 0 atom stereocenters. The zero-order valence-corrected chi connectivity index (χ0v) is 32.2. The van der Waals surface area contributed by atoms with Crippen molar-refractivity contribution >= 4 is 48.8 Å². The average molecular weight is 864 g/mol. The first-order valence-corrected chi connectivity index (χ1v) is 23.9. The molecule has 33 heavy (non-hydrogen) atoms. The first-order chi connectivity index (χ1) is 13.4. The Hall–Kier alpha value is 2.04. The van der Waals surface area contributed by atoms with Crippen LogP contribution in [0, 0.1) is 11.8 Å². The van der Waals surface area contributed by atoms with E-state index in [0.717, 1.165) is 11.8 Å².